The predicted molar refractivity (Wildman–Crippen MR) is 62.1 cm³/mol. The quantitative estimate of drug-likeness (QED) is 0.818. The molecule has 2 nitrogen and oxygen atoms in total. The third-order valence-electron chi connectivity index (χ3n) is 3.79. The molecule has 1 aromatic carbocycles. The van der Waals surface area contributed by atoms with Gasteiger partial charge < -0.3 is 10.5 Å². The molecule has 1 aliphatic rings. The zero-order valence-corrected chi connectivity index (χ0v) is 9.49. The van der Waals surface area contributed by atoms with Gasteiger partial charge >= 0.3 is 0 Å². The SMILES string of the molecule is CCC1(c2ccccc2OC)CC1CN. The zero-order chi connectivity index (χ0) is 10.9. The second kappa shape index (κ2) is 3.86. The van der Waals surface area contributed by atoms with E-state index in [-0.39, 0.29) is 0 Å². The first-order chi connectivity index (χ1) is 7.28. The number of para-hydroxylation sites is 1. The van der Waals surface area contributed by atoms with Crippen LogP contribution in [0, 0.1) is 5.92 Å². The Labute approximate surface area is 91.4 Å². The summed E-state index contributed by atoms with van der Waals surface area (Å²) < 4.78 is 5.43. The van der Waals surface area contributed by atoms with Gasteiger partial charge in [0.2, 0.25) is 0 Å². The van der Waals surface area contributed by atoms with Crippen LogP contribution in [0.5, 0.6) is 5.75 Å². The fraction of sp³-hybridized carbons (Fsp3) is 0.538. The number of ether oxygens (including phenoxy) is 1. The topological polar surface area (TPSA) is 35.2 Å². The van der Waals surface area contributed by atoms with Crippen molar-refractivity contribution in [3.05, 3.63) is 29.8 Å². The predicted octanol–water partition coefficient (Wildman–Crippen LogP) is 2.32. The molecule has 0 bridgehead atoms. The maximum absolute atomic E-state index is 5.77. The average Bonchev–Trinajstić information content (AvgIpc) is 3.04. The zero-order valence-electron chi connectivity index (χ0n) is 9.49. The fourth-order valence-corrected chi connectivity index (χ4v) is 2.70. The molecule has 2 rings (SSSR count). The van der Waals surface area contributed by atoms with Crippen molar-refractivity contribution in [2.75, 3.05) is 13.7 Å². The van der Waals surface area contributed by atoms with E-state index in [1.807, 2.05) is 12.1 Å². The molecule has 1 saturated carbocycles. The monoisotopic (exact) mass is 205 g/mol. The summed E-state index contributed by atoms with van der Waals surface area (Å²) in [5, 5.41) is 0. The molecule has 0 amide bonds. The van der Waals surface area contributed by atoms with Crippen molar-refractivity contribution >= 4 is 0 Å². The van der Waals surface area contributed by atoms with Gasteiger partial charge in [-0.15, -0.1) is 0 Å². The number of nitrogens with two attached hydrogens (primary N) is 1. The minimum Gasteiger partial charge on any atom is -0.496 e. The third kappa shape index (κ3) is 1.53. The molecule has 15 heavy (non-hydrogen) atoms. The van der Waals surface area contributed by atoms with Crippen LogP contribution in [0.4, 0.5) is 0 Å². The Hall–Kier alpha value is -1.02. The molecule has 0 aromatic heterocycles. The molecule has 2 heteroatoms. The summed E-state index contributed by atoms with van der Waals surface area (Å²) >= 11 is 0. The standard InChI is InChI=1S/C13H19NO/c1-3-13(8-10(13)9-14)11-6-4-5-7-12(11)15-2/h4-7,10H,3,8-9,14H2,1-2H3. The summed E-state index contributed by atoms with van der Waals surface area (Å²) in [6, 6.07) is 8.32. The molecule has 0 heterocycles. The highest BCUT2D eigenvalue weighted by Gasteiger charge is 2.53. The molecule has 2 N–H and O–H groups in total. The molecule has 2 atom stereocenters. The molecule has 2 unspecified atom stereocenters. The lowest BCUT2D eigenvalue weighted by molar-refractivity contribution is 0.400. The number of hydrogen-bond acceptors (Lipinski definition) is 2. The van der Waals surface area contributed by atoms with E-state index in [0.717, 1.165) is 18.7 Å². The van der Waals surface area contributed by atoms with Crippen LogP contribution in [-0.2, 0) is 5.41 Å². The average molecular weight is 205 g/mol. The third-order valence-corrected chi connectivity index (χ3v) is 3.79. The van der Waals surface area contributed by atoms with Crippen molar-refractivity contribution in [3.63, 3.8) is 0 Å². The minimum absolute atomic E-state index is 0.293. The first-order valence-corrected chi connectivity index (χ1v) is 5.62. The summed E-state index contributed by atoms with van der Waals surface area (Å²) in [5.41, 5.74) is 7.40. The van der Waals surface area contributed by atoms with Crippen LogP contribution in [0.3, 0.4) is 0 Å². The van der Waals surface area contributed by atoms with Crippen molar-refractivity contribution in [3.8, 4) is 5.75 Å². The van der Waals surface area contributed by atoms with E-state index in [4.69, 9.17) is 10.5 Å². The molecule has 1 aliphatic carbocycles. The van der Waals surface area contributed by atoms with Crippen LogP contribution in [-0.4, -0.2) is 13.7 Å². The minimum atomic E-state index is 0.293. The van der Waals surface area contributed by atoms with Crippen molar-refractivity contribution in [2.24, 2.45) is 11.7 Å². The van der Waals surface area contributed by atoms with E-state index in [2.05, 4.69) is 19.1 Å². The Balaban J connectivity index is 2.36. The Morgan fingerprint density at radius 2 is 2.20 bits per heavy atom. The molecular weight excluding hydrogens is 186 g/mol. The first-order valence-electron chi connectivity index (χ1n) is 5.62. The van der Waals surface area contributed by atoms with Gasteiger partial charge in [-0.2, -0.15) is 0 Å². The van der Waals surface area contributed by atoms with E-state index in [1.165, 1.54) is 12.0 Å². The van der Waals surface area contributed by atoms with E-state index < -0.39 is 0 Å². The van der Waals surface area contributed by atoms with E-state index in [9.17, 15) is 0 Å². The van der Waals surface area contributed by atoms with Crippen LogP contribution < -0.4 is 10.5 Å². The Bertz CT molecular complexity index is 350. The van der Waals surface area contributed by atoms with Gasteiger partial charge in [-0.1, -0.05) is 25.1 Å². The van der Waals surface area contributed by atoms with Crippen LogP contribution in [0.1, 0.15) is 25.3 Å². The summed E-state index contributed by atoms with van der Waals surface area (Å²) in [4.78, 5) is 0. The number of methoxy groups -OCH3 is 1. The van der Waals surface area contributed by atoms with Crippen LogP contribution >= 0.6 is 0 Å². The van der Waals surface area contributed by atoms with Gasteiger partial charge in [0.15, 0.2) is 0 Å². The van der Waals surface area contributed by atoms with Gasteiger partial charge in [0.05, 0.1) is 7.11 Å². The highest BCUT2D eigenvalue weighted by molar-refractivity contribution is 5.44. The van der Waals surface area contributed by atoms with Crippen molar-refractivity contribution in [1.82, 2.24) is 0 Å². The Morgan fingerprint density at radius 3 is 2.73 bits per heavy atom. The lowest BCUT2D eigenvalue weighted by Crippen LogP contribution is -2.15. The van der Waals surface area contributed by atoms with Gasteiger partial charge in [0, 0.05) is 11.0 Å². The van der Waals surface area contributed by atoms with Crippen molar-refractivity contribution in [2.45, 2.75) is 25.2 Å². The maximum atomic E-state index is 5.77. The fourth-order valence-electron chi connectivity index (χ4n) is 2.70. The van der Waals surface area contributed by atoms with Gasteiger partial charge in [0.1, 0.15) is 5.75 Å². The Morgan fingerprint density at radius 1 is 1.47 bits per heavy atom. The van der Waals surface area contributed by atoms with Crippen LogP contribution in [0.2, 0.25) is 0 Å². The Kier molecular flexibility index (Phi) is 2.70. The number of benzene rings is 1. The smallest absolute Gasteiger partial charge is 0.122 e. The summed E-state index contributed by atoms with van der Waals surface area (Å²) in [6.07, 6.45) is 2.36. The van der Waals surface area contributed by atoms with E-state index >= 15 is 0 Å². The summed E-state index contributed by atoms with van der Waals surface area (Å²) in [5.74, 6) is 1.65. The van der Waals surface area contributed by atoms with Gasteiger partial charge in [-0.3, -0.25) is 0 Å². The molecule has 1 aromatic rings. The normalized spacial score (nSPS) is 28.9. The highest BCUT2D eigenvalue weighted by Crippen LogP contribution is 2.58. The molecule has 0 radical (unpaired) electrons. The molecule has 0 spiro atoms. The first kappa shape index (κ1) is 10.5. The van der Waals surface area contributed by atoms with Crippen LogP contribution in [0.25, 0.3) is 0 Å². The summed E-state index contributed by atoms with van der Waals surface area (Å²) in [7, 11) is 1.74. The summed E-state index contributed by atoms with van der Waals surface area (Å²) in [6.45, 7) is 3.02. The molecule has 82 valence electrons. The lowest BCUT2D eigenvalue weighted by atomic mass is 9.89. The number of rotatable bonds is 4. The second-order valence-electron chi connectivity index (χ2n) is 4.35. The maximum Gasteiger partial charge on any atom is 0.122 e. The molecule has 0 aliphatic heterocycles. The molecule has 0 saturated heterocycles. The molecule has 1 fully saturated rings. The van der Waals surface area contributed by atoms with Crippen molar-refractivity contribution in [1.29, 1.82) is 0 Å². The van der Waals surface area contributed by atoms with Gasteiger partial charge in [0.25, 0.3) is 0 Å². The molecular formula is C13H19NO. The largest absolute Gasteiger partial charge is 0.496 e. The lowest BCUT2D eigenvalue weighted by Gasteiger charge is -2.18. The second-order valence-corrected chi connectivity index (χ2v) is 4.35. The van der Waals surface area contributed by atoms with E-state index in [0.29, 0.717) is 11.3 Å². The number of hydrogen-bond donors (Lipinski definition) is 1. The van der Waals surface area contributed by atoms with Crippen molar-refractivity contribution < 1.29 is 4.74 Å². The highest BCUT2D eigenvalue weighted by atomic mass is 16.5. The van der Waals surface area contributed by atoms with Crippen LogP contribution in [0.15, 0.2) is 24.3 Å². The van der Waals surface area contributed by atoms with E-state index in [1.54, 1.807) is 7.11 Å². The van der Waals surface area contributed by atoms with Gasteiger partial charge in [-0.05, 0) is 31.4 Å². The van der Waals surface area contributed by atoms with Gasteiger partial charge in [-0.25, -0.2) is 0 Å².